The zero-order chi connectivity index (χ0) is 14.4. The fourth-order valence-electron chi connectivity index (χ4n) is 1.55. The normalized spacial score (nSPS) is 10.7. The first-order valence-corrected chi connectivity index (χ1v) is 6.90. The van der Waals surface area contributed by atoms with Crippen LogP contribution in [0.25, 0.3) is 11.3 Å². The van der Waals surface area contributed by atoms with Crippen LogP contribution in [0.3, 0.4) is 0 Å². The van der Waals surface area contributed by atoms with Gasteiger partial charge in [-0.15, -0.1) is 0 Å². The first-order valence-electron chi connectivity index (χ1n) is 6.11. The quantitative estimate of drug-likeness (QED) is 0.516. The molecule has 0 amide bonds. The van der Waals surface area contributed by atoms with Crippen LogP contribution in [0.4, 0.5) is 0 Å². The molecular weight excluding hydrogens is 294 g/mol. The molecule has 0 fully saturated rings. The minimum absolute atomic E-state index is 0.480. The molecule has 20 heavy (non-hydrogen) atoms. The number of furan rings is 1. The smallest absolute Gasteiger partial charge is 0.186 e. The lowest BCUT2D eigenvalue weighted by molar-refractivity contribution is 0.574. The summed E-state index contributed by atoms with van der Waals surface area (Å²) in [4.78, 5) is 0. The van der Waals surface area contributed by atoms with Crippen molar-refractivity contribution < 1.29 is 4.42 Å². The zero-order valence-electron chi connectivity index (χ0n) is 10.9. The number of thiocarbonyl (C=S) groups is 1. The summed E-state index contributed by atoms with van der Waals surface area (Å²) in [5.74, 6) is 1.40. The molecule has 0 aliphatic heterocycles. The molecule has 104 valence electrons. The first kappa shape index (κ1) is 14.6. The van der Waals surface area contributed by atoms with Crippen LogP contribution in [0.2, 0.25) is 5.02 Å². The number of nitrogens with zero attached hydrogens (tertiary/aromatic N) is 1. The van der Waals surface area contributed by atoms with Gasteiger partial charge in [0.15, 0.2) is 5.11 Å². The third-order valence-corrected chi connectivity index (χ3v) is 2.94. The van der Waals surface area contributed by atoms with Gasteiger partial charge < -0.3 is 9.73 Å². The Bertz CT molecular complexity index is 607. The summed E-state index contributed by atoms with van der Waals surface area (Å²) < 4.78 is 5.66. The van der Waals surface area contributed by atoms with Crippen molar-refractivity contribution in [3.05, 3.63) is 47.2 Å². The van der Waals surface area contributed by atoms with Gasteiger partial charge in [0.05, 0.1) is 6.21 Å². The summed E-state index contributed by atoms with van der Waals surface area (Å²) in [6, 6.07) is 11.2. The Morgan fingerprint density at radius 1 is 1.30 bits per heavy atom. The Kier molecular flexibility index (Phi) is 5.15. The van der Waals surface area contributed by atoms with E-state index in [9.17, 15) is 0 Å². The summed E-state index contributed by atoms with van der Waals surface area (Å²) >= 11 is 10.8. The molecule has 2 N–H and O–H groups in total. The number of rotatable bonds is 4. The molecule has 0 saturated carbocycles. The van der Waals surface area contributed by atoms with E-state index in [1.807, 2.05) is 43.3 Å². The fourth-order valence-corrected chi connectivity index (χ4v) is 1.87. The Morgan fingerprint density at radius 2 is 2.05 bits per heavy atom. The highest BCUT2D eigenvalue weighted by Crippen LogP contribution is 2.23. The van der Waals surface area contributed by atoms with E-state index in [0.717, 1.165) is 17.9 Å². The third kappa shape index (κ3) is 4.08. The molecule has 0 atom stereocenters. The maximum Gasteiger partial charge on any atom is 0.186 e. The SMILES string of the molecule is CCNC(=S)N/N=C\c1ccc(-c2ccc(Cl)cc2)o1. The second-order valence-electron chi connectivity index (χ2n) is 3.94. The van der Waals surface area contributed by atoms with Crippen molar-refractivity contribution in [3.8, 4) is 11.3 Å². The number of halogens is 1. The van der Waals surface area contributed by atoms with E-state index in [1.54, 1.807) is 6.21 Å². The van der Waals surface area contributed by atoms with Gasteiger partial charge >= 0.3 is 0 Å². The summed E-state index contributed by atoms with van der Waals surface area (Å²) in [6.07, 6.45) is 1.57. The minimum atomic E-state index is 0.480. The summed E-state index contributed by atoms with van der Waals surface area (Å²) in [6.45, 7) is 2.71. The van der Waals surface area contributed by atoms with E-state index in [1.165, 1.54) is 0 Å². The number of nitrogens with one attached hydrogen (secondary N) is 2. The summed E-state index contributed by atoms with van der Waals surface area (Å²) in [5.41, 5.74) is 3.66. The maximum atomic E-state index is 5.85. The predicted molar refractivity (Wildman–Crippen MR) is 86.2 cm³/mol. The van der Waals surface area contributed by atoms with Crippen molar-refractivity contribution in [2.24, 2.45) is 5.10 Å². The predicted octanol–water partition coefficient (Wildman–Crippen LogP) is 3.42. The topological polar surface area (TPSA) is 49.6 Å². The van der Waals surface area contributed by atoms with Gasteiger partial charge in [-0.05, 0) is 55.5 Å². The van der Waals surface area contributed by atoms with Crippen molar-refractivity contribution in [1.82, 2.24) is 10.7 Å². The van der Waals surface area contributed by atoms with Crippen LogP contribution < -0.4 is 10.7 Å². The molecule has 1 heterocycles. The molecule has 0 radical (unpaired) electrons. The van der Waals surface area contributed by atoms with Crippen LogP contribution in [0.5, 0.6) is 0 Å². The molecule has 2 rings (SSSR count). The standard InChI is InChI=1S/C14H14ClN3OS/c1-2-16-14(20)18-17-9-12-7-8-13(19-12)10-3-5-11(15)6-4-10/h3-9H,2H2,1H3,(H2,16,18,20)/b17-9-. The molecular formula is C14H14ClN3OS. The Hall–Kier alpha value is -1.85. The van der Waals surface area contributed by atoms with E-state index in [0.29, 0.717) is 15.9 Å². The van der Waals surface area contributed by atoms with Crippen molar-refractivity contribution in [2.45, 2.75) is 6.92 Å². The van der Waals surface area contributed by atoms with E-state index in [4.69, 9.17) is 28.2 Å². The highest BCUT2D eigenvalue weighted by atomic mass is 35.5. The summed E-state index contributed by atoms with van der Waals surface area (Å²) in [5, 5.41) is 8.10. The third-order valence-electron chi connectivity index (χ3n) is 2.45. The van der Waals surface area contributed by atoms with Crippen LogP contribution in [0, 0.1) is 0 Å². The largest absolute Gasteiger partial charge is 0.455 e. The Balaban J connectivity index is 2.00. The van der Waals surface area contributed by atoms with Gasteiger partial charge in [-0.3, -0.25) is 5.43 Å². The van der Waals surface area contributed by atoms with Gasteiger partial charge in [0.25, 0.3) is 0 Å². The van der Waals surface area contributed by atoms with Gasteiger partial charge in [0.2, 0.25) is 0 Å². The monoisotopic (exact) mass is 307 g/mol. The molecule has 6 heteroatoms. The number of hydrogen-bond acceptors (Lipinski definition) is 3. The van der Waals surface area contributed by atoms with E-state index in [-0.39, 0.29) is 0 Å². The Labute approximate surface area is 127 Å². The van der Waals surface area contributed by atoms with E-state index >= 15 is 0 Å². The molecule has 0 aliphatic carbocycles. The lowest BCUT2D eigenvalue weighted by Crippen LogP contribution is -2.31. The molecule has 4 nitrogen and oxygen atoms in total. The van der Waals surface area contributed by atoms with Crippen molar-refractivity contribution >= 4 is 35.1 Å². The second-order valence-corrected chi connectivity index (χ2v) is 4.78. The zero-order valence-corrected chi connectivity index (χ0v) is 12.5. The number of hydrogen-bond donors (Lipinski definition) is 2. The summed E-state index contributed by atoms with van der Waals surface area (Å²) in [7, 11) is 0. The number of hydrazone groups is 1. The van der Waals surface area contributed by atoms with E-state index < -0.39 is 0 Å². The second kappa shape index (κ2) is 7.07. The van der Waals surface area contributed by atoms with Gasteiger partial charge in [-0.1, -0.05) is 11.6 Å². The maximum absolute atomic E-state index is 5.85. The van der Waals surface area contributed by atoms with Crippen LogP contribution >= 0.6 is 23.8 Å². The first-order chi connectivity index (χ1) is 9.69. The van der Waals surface area contributed by atoms with Crippen LogP contribution in [-0.2, 0) is 0 Å². The highest BCUT2D eigenvalue weighted by molar-refractivity contribution is 7.80. The molecule has 0 spiro atoms. The Morgan fingerprint density at radius 3 is 2.75 bits per heavy atom. The van der Waals surface area contributed by atoms with Crippen LogP contribution in [-0.4, -0.2) is 17.9 Å². The fraction of sp³-hybridized carbons (Fsp3) is 0.143. The lowest BCUT2D eigenvalue weighted by atomic mass is 10.2. The van der Waals surface area contributed by atoms with Crippen molar-refractivity contribution in [3.63, 3.8) is 0 Å². The molecule has 0 bridgehead atoms. The lowest BCUT2D eigenvalue weighted by Gasteiger charge is -2.01. The van der Waals surface area contributed by atoms with Crippen LogP contribution in [0.1, 0.15) is 12.7 Å². The number of benzene rings is 1. The average Bonchev–Trinajstić information content (AvgIpc) is 2.89. The highest BCUT2D eigenvalue weighted by Gasteiger charge is 2.03. The van der Waals surface area contributed by atoms with Crippen molar-refractivity contribution in [1.29, 1.82) is 0 Å². The van der Waals surface area contributed by atoms with Gasteiger partial charge in [0.1, 0.15) is 11.5 Å². The molecule has 0 unspecified atom stereocenters. The molecule has 2 aromatic rings. The van der Waals surface area contributed by atoms with Gasteiger partial charge in [-0.25, -0.2) is 0 Å². The minimum Gasteiger partial charge on any atom is -0.455 e. The van der Waals surface area contributed by atoms with Crippen LogP contribution in [0.15, 0.2) is 45.9 Å². The van der Waals surface area contributed by atoms with Gasteiger partial charge in [0, 0.05) is 17.1 Å². The average molecular weight is 308 g/mol. The molecule has 0 aliphatic rings. The van der Waals surface area contributed by atoms with E-state index in [2.05, 4.69) is 15.8 Å². The molecule has 1 aromatic carbocycles. The van der Waals surface area contributed by atoms with Gasteiger partial charge in [-0.2, -0.15) is 5.10 Å². The molecule has 1 aromatic heterocycles. The van der Waals surface area contributed by atoms with Crippen molar-refractivity contribution in [2.75, 3.05) is 6.54 Å². The molecule has 0 saturated heterocycles.